The van der Waals surface area contributed by atoms with E-state index in [1.807, 2.05) is 0 Å². The van der Waals surface area contributed by atoms with Crippen molar-refractivity contribution < 1.29 is 18.0 Å². The molecule has 2 aromatic rings. The number of halogens is 4. The zero-order valence-electron chi connectivity index (χ0n) is 11.8. The molecule has 0 N–H and O–H groups in total. The first-order valence-corrected chi connectivity index (χ1v) is 7.76. The second-order valence-electron chi connectivity index (χ2n) is 4.93. The molecule has 8 heteroatoms. The molecule has 0 bridgehead atoms. The number of hydrogen-bond acceptors (Lipinski definition) is 3. The normalized spacial score (nSPS) is 15.3. The highest BCUT2D eigenvalue weighted by Gasteiger charge is 2.36. The van der Waals surface area contributed by atoms with Crippen LogP contribution in [0.3, 0.4) is 0 Å². The molecule has 1 aliphatic heterocycles. The molecule has 1 aliphatic rings. The average molecular weight is 359 g/mol. The van der Waals surface area contributed by atoms with Gasteiger partial charge in [-0.25, -0.2) is 0 Å². The number of amides is 1. The second kappa shape index (κ2) is 5.65. The van der Waals surface area contributed by atoms with Crippen molar-refractivity contribution in [3.05, 3.63) is 51.4 Å². The Morgan fingerprint density at radius 3 is 2.65 bits per heavy atom. The van der Waals surface area contributed by atoms with Crippen LogP contribution in [-0.4, -0.2) is 25.2 Å². The van der Waals surface area contributed by atoms with Crippen LogP contribution in [0, 0.1) is 0 Å². The number of carbonyl (C=O) groups is 1. The lowest BCUT2D eigenvalue weighted by Gasteiger charge is -2.15. The van der Waals surface area contributed by atoms with Gasteiger partial charge < -0.3 is 4.90 Å². The van der Waals surface area contributed by atoms with E-state index in [9.17, 15) is 18.0 Å². The zero-order chi connectivity index (χ0) is 16.8. The Bertz CT molecular complexity index is 813. The number of fused-ring (bicyclic) bond motifs is 1. The molecule has 120 valence electrons. The van der Waals surface area contributed by atoms with E-state index in [1.54, 1.807) is 13.1 Å². The minimum absolute atomic E-state index is 0.0567. The van der Waals surface area contributed by atoms with E-state index < -0.39 is 11.7 Å². The molecular weight excluding hydrogens is 349 g/mol. The van der Waals surface area contributed by atoms with Crippen molar-refractivity contribution >= 4 is 39.6 Å². The molecule has 1 amide bonds. The molecule has 0 fully saturated rings. The highest BCUT2D eigenvalue weighted by Crippen LogP contribution is 2.39. The summed E-state index contributed by atoms with van der Waals surface area (Å²) < 4.78 is 40.2. The summed E-state index contributed by atoms with van der Waals surface area (Å²) in [5, 5.41) is 0.494. The zero-order valence-corrected chi connectivity index (χ0v) is 13.4. The molecule has 0 atom stereocenters. The largest absolute Gasteiger partial charge is 0.417 e. The molecular formula is C15H10ClF3N2OS. The van der Waals surface area contributed by atoms with Gasteiger partial charge in [0.05, 0.1) is 15.6 Å². The molecule has 0 unspecified atom stereocenters. The van der Waals surface area contributed by atoms with Crippen LogP contribution in [0.5, 0.6) is 0 Å². The predicted molar refractivity (Wildman–Crippen MR) is 84.7 cm³/mol. The summed E-state index contributed by atoms with van der Waals surface area (Å²) in [4.78, 5) is 17.5. The van der Waals surface area contributed by atoms with E-state index in [0.717, 1.165) is 17.4 Å². The molecule has 0 spiro atoms. The number of likely N-dealkylation sites (N-methyl/N-ethyl adjacent to an activating group) is 1. The maximum absolute atomic E-state index is 13.3. The number of carbonyl (C=O) groups excluding carboxylic acids is 1. The summed E-state index contributed by atoms with van der Waals surface area (Å²) in [7, 11) is 1.56. The van der Waals surface area contributed by atoms with Crippen molar-refractivity contribution in [2.75, 3.05) is 18.5 Å². The van der Waals surface area contributed by atoms with Crippen molar-refractivity contribution in [1.82, 2.24) is 0 Å². The first-order valence-electron chi connectivity index (χ1n) is 6.56. The highest BCUT2D eigenvalue weighted by molar-refractivity contribution is 7.20. The van der Waals surface area contributed by atoms with Gasteiger partial charge in [-0.15, -0.1) is 11.3 Å². The summed E-state index contributed by atoms with van der Waals surface area (Å²) in [5.41, 5.74) is -0.276. The molecule has 3 rings (SSSR count). The van der Waals surface area contributed by atoms with Crippen LogP contribution < -0.4 is 4.90 Å². The average Bonchev–Trinajstić information content (AvgIpc) is 2.83. The van der Waals surface area contributed by atoms with Gasteiger partial charge in [0.15, 0.2) is 0 Å². The Balaban J connectivity index is 2.25. The van der Waals surface area contributed by atoms with Crippen molar-refractivity contribution in [3.8, 4) is 0 Å². The standard InChI is InChI=1S/C15H10ClF3N2OS/c1-21-12(22)7-20-13(9-6-11(16)23-14(9)21)8-4-2-3-5-10(8)15(17,18)19/h2-6H,7H2,1H3. The van der Waals surface area contributed by atoms with Crippen LogP contribution in [0.15, 0.2) is 35.3 Å². The Morgan fingerprint density at radius 1 is 1.26 bits per heavy atom. The lowest BCUT2D eigenvalue weighted by molar-refractivity contribution is -0.137. The van der Waals surface area contributed by atoms with Gasteiger partial charge in [0.25, 0.3) is 0 Å². The first kappa shape index (κ1) is 16.0. The fourth-order valence-electron chi connectivity index (χ4n) is 2.39. The number of alkyl halides is 3. The molecule has 3 nitrogen and oxygen atoms in total. The Hall–Kier alpha value is -1.86. The monoisotopic (exact) mass is 358 g/mol. The fraction of sp³-hybridized carbons (Fsp3) is 0.200. The van der Waals surface area contributed by atoms with E-state index in [4.69, 9.17) is 11.6 Å². The number of aliphatic imine (C=N–C) groups is 1. The van der Waals surface area contributed by atoms with Crippen LogP contribution in [0.25, 0.3) is 0 Å². The molecule has 0 saturated heterocycles. The predicted octanol–water partition coefficient (Wildman–Crippen LogP) is 4.23. The van der Waals surface area contributed by atoms with Crippen molar-refractivity contribution in [2.45, 2.75) is 6.18 Å². The fourth-order valence-corrected chi connectivity index (χ4v) is 3.58. The highest BCUT2D eigenvalue weighted by atomic mass is 35.5. The Morgan fingerprint density at radius 2 is 1.96 bits per heavy atom. The van der Waals surface area contributed by atoms with Crippen LogP contribution in [0.4, 0.5) is 18.2 Å². The van der Waals surface area contributed by atoms with Crippen LogP contribution in [-0.2, 0) is 11.0 Å². The number of benzene rings is 1. The van der Waals surface area contributed by atoms with E-state index in [1.165, 1.54) is 23.1 Å². The maximum Gasteiger partial charge on any atom is 0.417 e. The van der Waals surface area contributed by atoms with Gasteiger partial charge in [0.2, 0.25) is 5.91 Å². The summed E-state index contributed by atoms with van der Waals surface area (Å²) >= 11 is 7.14. The first-order chi connectivity index (χ1) is 10.8. The topological polar surface area (TPSA) is 32.7 Å². The lowest BCUT2D eigenvalue weighted by atomic mass is 9.98. The van der Waals surface area contributed by atoms with E-state index in [2.05, 4.69) is 4.99 Å². The third-order valence-electron chi connectivity index (χ3n) is 3.48. The van der Waals surface area contributed by atoms with Crippen molar-refractivity contribution in [3.63, 3.8) is 0 Å². The van der Waals surface area contributed by atoms with Crippen molar-refractivity contribution in [2.24, 2.45) is 4.99 Å². The molecule has 2 heterocycles. The van der Waals surface area contributed by atoms with Crippen LogP contribution in [0.1, 0.15) is 16.7 Å². The van der Waals surface area contributed by atoms with E-state index in [0.29, 0.717) is 14.9 Å². The summed E-state index contributed by atoms with van der Waals surface area (Å²) in [6, 6.07) is 6.73. The van der Waals surface area contributed by atoms with E-state index >= 15 is 0 Å². The summed E-state index contributed by atoms with van der Waals surface area (Å²) in [6.45, 7) is -0.211. The maximum atomic E-state index is 13.3. The van der Waals surface area contributed by atoms with Gasteiger partial charge in [-0.1, -0.05) is 29.8 Å². The number of anilines is 1. The SMILES string of the molecule is CN1C(=O)CN=C(c2ccccc2C(F)(F)F)c2cc(Cl)sc21. The minimum atomic E-state index is -4.51. The number of rotatable bonds is 1. The summed E-state index contributed by atoms with van der Waals surface area (Å²) in [6.07, 6.45) is -4.51. The molecule has 0 saturated carbocycles. The van der Waals surface area contributed by atoms with Gasteiger partial charge in [0.1, 0.15) is 11.5 Å². The van der Waals surface area contributed by atoms with E-state index in [-0.39, 0.29) is 23.7 Å². The summed E-state index contributed by atoms with van der Waals surface area (Å²) in [5.74, 6) is -0.302. The smallest absolute Gasteiger partial charge is 0.305 e. The number of thiophene rings is 1. The van der Waals surface area contributed by atoms with Gasteiger partial charge in [-0.05, 0) is 12.1 Å². The molecule has 1 aromatic carbocycles. The quantitative estimate of drug-likeness (QED) is 0.750. The lowest BCUT2D eigenvalue weighted by Crippen LogP contribution is -2.26. The number of hydrogen-bond donors (Lipinski definition) is 0. The molecule has 1 aromatic heterocycles. The Kier molecular flexibility index (Phi) is 3.93. The Labute approximate surface area is 139 Å². The number of nitrogens with zero attached hydrogens (tertiary/aromatic N) is 2. The third kappa shape index (κ3) is 2.86. The van der Waals surface area contributed by atoms with Gasteiger partial charge in [-0.2, -0.15) is 13.2 Å². The second-order valence-corrected chi connectivity index (χ2v) is 6.59. The van der Waals surface area contributed by atoms with Crippen molar-refractivity contribution in [1.29, 1.82) is 0 Å². The molecule has 0 radical (unpaired) electrons. The molecule has 23 heavy (non-hydrogen) atoms. The van der Waals surface area contributed by atoms with Gasteiger partial charge in [-0.3, -0.25) is 9.79 Å². The molecule has 0 aliphatic carbocycles. The minimum Gasteiger partial charge on any atom is -0.305 e. The third-order valence-corrected chi connectivity index (χ3v) is 4.82. The van der Waals surface area contributed by atoms with Gasteiger partial charge in [0, 0.05) is 18.2 Å². The van der Waals surface area contributed by atoms with Crippen LogP contribution in [0.2, 0.25) is 4.34 Å². The van der Waals surface area contributed by atoms with Crippen LogP contribution >= 0.6 is 22.9 Å². The van der Waals surface area contributed by atoms with Gasteiger partial charge >= 0.3 is 6.18 Å².